The topological polar surface area (TPSA) is 26.3 Å². The summed E-state index contributed by atoms with van der Waals surface area (Å²) in [6, 6.07) is 7.61. The lowest BCUT2D eigenvalue weighted by molar-refractivity contribution is -0.131. The van der Waals surface area contributed by atoms with Gasteiger partial charge in [0.2, 0.25) is 0 Å². The van der Waals surface area contributed by atoms with Crippen LogP contribution in [-0.4, -0.2) is 5.97 Å². The molecule has 2 heteroatoms. The fourth-order valence-electron chi connectivity index (χ4n) is 1.19. The molecule has 0 saturated carbocycles. The maximum Gasteiger partial charge on any atom is 0.308 e. The highest BCUT2D eigenvalue weighted by Crippen LogP contribution is 2.24. The van der Waals surface area contributed by atoms with Gasteiger partial charge in [0, 0.05) is 6.92 Å². The molecule has 0 aliphatic heterocycles. The van der Waals surface area contributed by atoms with Gasteiger partial charge in [-0.2, -0.15) is 0 Å². The van der Waals surface area contributed by atoms with Crippen molar-refractivity contribution in [1.29, 1.82) is 0 Å². The Balaban J connectivity index is 2.84. The van der Waals surface area contributed by atoms with Gasteiger partial charge in [0.15, 0.2) is 0 Å². The smallest absolute Gasteiger partial charge is 0.308 e. The second-order valence-electron chi connectivity index (χ2n) is 4.37. The van der Waals surface area contributed by atoms with Gasteiger partial charge in [0.1, 0.15) is 5.75 Å². The molecule has 0 radical (unpaired) electrons. The highest BCUT2D eigenvalue weighted by Gasteiger charge is 2.12. The molecular weight excluding hydrogens is 176 g/mol. The first-order valence-electron chi connectivity index (χ1n) is 4.68. The molecule has 0 N–H and O–H groups in total. The molecule has 2 nitrogen and oxygen atoms in total. The highest BCUT2D eigenvalue weighted by molar-refractivity contribution is 5.69. The summed E-state index contributed by atoms with van der Waals surface area (Å²) >= 11 is 0. The van der Waals surface area contributed by atoms with Crippen molar-refractivity contribution in [3.8, 4) is 5.75 Å². The van der Waals surface area contributed by atoms with E-state index in [-0.39, 0.29) is 11.4 Å². The predicted molar refractivity (Wildman–Crippen MR) is 56.5 cm³/mol. The number of hydrogen-bond acceptors (Lipinski definition) is 2. The Hall–Kier alpha value is -1.31. The van der Waals surface area contributed by atoms with Gasteiger partial charge >= 0.3 is 5.97 Å². The molecule has 0 spiro atoms. The zero-order valence-corrected chi connectivity index (χ0v) is 9.13. The van der Waals surface area contributed by atoms with Gasteiger partial charge in [0.25, 0.3) is 0 Å². The third-order valence-electron chi connectivity index (χ3n) is 1.98. The predicted octanol–water partition coefficient (Wildman–Crippen LogP) is 2.91. The molecule has 1 aromatic carbocycles. The Kier molecular flexibility index (Phi) is 2.94. The number of hydrogen-bond donors (Lipinski definition) is 0. The van der Waals surface area contributed by atoms with Crippen LogP contribution in [-0.2, 0) is 10.2 Å². The van der Waals surface area contributed by atoms with Crippen LogP contribution in [0.4, 0.5) is 0 Å². The summed E-state index contributed by atoms with van der Waals surface area (Å²) in [5.74, 6) is 0.319. The second-order valence-corrected chi connectivity index (χ2v) is 4.37. The largest absolute Gasteiger partial charge is 0.427 e. The van der Waals surface area contributed by atoms with Crippen LogP contribution in [0.2, 0.25) is 0 Å². The summed E-state index contributed by atoms with van der Waals surface area (Å²) in [7, 11) is 0. The molecule has 0 fully saturated rings. The molecule has 0 bridgehead atoms. The van der Waals surface area contributed by atoms with Gasteiger partial charge in [0.05, 0.1) is 0 Å². The van der Waals surface area contributed by atoms with E-state index in [1.807, 2.05) is 24.3 Å². The number of carbonyl (C=O) groups excluding carboxylic acids is 1. The van der Waals surface area contributed by atoms with Gasteiger partial charge in [-0.1, -0.05) is 32.9 Å². The minimum Gasteiger partial charge on any atom is -0.427 e. The van der Waals surface area contributed by atoms with Crippen molar-refractivity contribution in [2.75, 3.05) is 0 Å². The Labute approximate surface area is 84.9 Å². The summed E-state index contributed by atoms with van der Waals surface area (Å²) in [6.07, 6.45) is 0. The third-order valence-corrected chi connectivity index (χ3v) is 1.98. The lowest BCUT2D eigenvalue weighted by Crippen LogP contribution is -2.10. The SMILES string of the molecule is CC(=O)Oc1ccc(C(C)(C)C)cc1. The van der Waals surface area contributed by atoms with Crippen LogP contribution in [0, 0.1) is 0 Å². The Morgan fingerprint density at radius 1 is 1.14 bits per heavy atom. The van der Waals surface area contributed by atoms with Crippen LogP contribution in [0.15, 0.2) is 24.3 Å². The monoisotopic (exact) mass is 192 g/mol. The van der Waals surface area contributed by atoms with Crippen molar-refractivity contribution in [3.63, 3.8) is 0 Å². The van der Waals surface area contributed by atoms with Crippen LogP contribution >= 0.6 is 0 Å². The summed E-state index contributed by atoms with van der Waals surface area (Å²) in [4.78, 5) is 10.7. The number of esters is 1. The number of carbonyl (C=O) groups is 1. The van der Waals surface area contributed by atoms with Gasteiger partial charge in [-0.3, -0.25) is 4.79 Å². The van der Waals surface area contributed by atoms with Crippen LogP contribution in [0.1, 0.15) is 33.3 Å². The molecule has 0 atom stereocenters. The summed E-state index contributed by atoms with van der Waals surface area (Å²) in [5, 5.41) is 0. The van der Waals surface area contributed by atoms with Gasteiger partial charge in [-0.25, -0.2) is 0 Å². The molecule has 0 aliphatic carbocycles. The van der Waals surface area contributed by atoms with Crippen molar-refractivity contribution < 1.29 is 9.53 Å². The summed E-state index contributed by atoms with van der Waals surface area (Å²) in [6.45, 7) is 7.84. The van der Waals surface area contributed by atoms with Crippen LogP contribution < -0.4 is 4.74 Å². The molecule has 1 rings (SSSR count). The standard InChI is InChI=1S/C12H16O2/c1-9(13)14-11-7-5-10(6-8-11)12(2,3)4/h5-8H,1-4H3. The first kappa shape index (κ1) is 10.8. The maximum atomic E-state index is 10.7. The minimum absolute atomic E-state index is 0.134. The molecule has 1 aromatic rings. The van der Waals surface area contributed by atoms with Gasteiger partial charge in [-0.05, 0) is 23.1 Å². The Bertz CT molecular complexity index is 317. The molecule has 0 aromatic heterocycles. The van der Waals surface area contributed by atoms with E-state index in [1.165, 1.54) is 12.5 Å². The Morgan fingerprint density at radius 3 is 2.00 bits per heavy atom. The van der Waals surface area contributed by atoms with Crippen molar-refractivity contribution >= 4 is 5.97 Å². The molecular formula is C12H16O2. The number of rotatable bonds is 1. The van der Waals surface area contributed by atoms with E-state index in [0.717, 1.165) is 0 Å². The van der Waals surface area contributed by atoms with Crippen LogP contribution in [0.25, 0.3) is 0 Å². The van der Waals surface area contributed by atoms with E-state index in [9.17, 15) is 4.79 Å². The number of benzene rings is 1. The molecule has 14 heavy (non-hydrogen) atoms. The zero-order valence-electron chi connectivity index (χ0n) is 9.13. The quantitative estimate of drug-likeness (QED) is 0.505. The molecule has 0 amide bonds. The summed E-state index contributed by atoms with van der Waals surface area (Å²) in [5.41, 5.74) is 1.36. The van der Waals surface area contributed by atoms with Crippen molar-refractivity contribution in [2.24, 2.45) is 0 Å². The average Bonchev–Trinajstić information content (AvgIpc) is 2.02. The van der Waals surface area contributed by atoms with Gasteiger partial charge in [-0.15, -0.1) is 0 Å². The first-order chi connectivity index (χ1) is 6.39. The van der Waals surface area contributed by atoms with E-state index >= 15 is 0 Å². The third kappa shape index (κ3) is 2.87. The second kappa shape index (κ2) is 3.82. The molecule has 0 unspecified atom stereocenters. The normalized spacial score (nSPS) is 11.1. The van der Waals surface area contributed by atoms with Crippen molar-refractivity contribution in [3.05, 3.63) is 29.8 Å². The molecule has 0 heterocycles. The Morgan fingerprint density at radius 2 is 1.64 bits per heavy atom. The van der Waals surface area contributed by atoms with E-state index in [4.69, 9.17) is 4.74 Å². The van der Waals surface area contributed by atoms with Crippen LogP contribution in [0.5, 0.6) is 5.75 Å². The minimum atomic E-state index is -0.284. The molecule has 76 valence electrons. The lowest BCUT2D eigenvalue weighted by atomic mass is 9.87. The number of ether oxygens (including phenoxy) is 1. The van der Waals surface area contributed by atoms with E-state index in [0.29, 0.717) is 5.75 Å². The summed E-state index contributed by atoms with van der Waals surface area (Å²) < 4.78 is 4.94. The van der Waals surface area contributed by atoms with Crippen molar-refractivity contribution in [1.82, 2.24) is 0 Å². The lowest BCUT2D eigenvalue weighted by Gasteiger charge is -2.18. The fourth-order valence-corrected chi connectivity index (χ4v) is 1.19. The van der Waals surface area contributed by atoms with E-state index in [2.05, 4.69) is 20.8 Å². The molecule has 0 saturated heterocycles. The van der Waals surface area contributed by atoms with Crippen molar-refractivity contribution in [2.45, 2.75) is 33.1 Å². The fraction of sp³-hybridized carbons (Fsp3) is 0.417. The first-order valence-corrected chi connectivity index (χ1v) is 4.68. The zero-order chi connectivity index (χ0) is 10.8. The molecule has 0 aliphatic rings. The van der Waals surface area contributed by atoms with Gasteiger partial charge < -0.3 is 4.74 Å². The highest BCUT2D eigenvalue weighted by atomic mass is 16.5. The average molecular weight is 192 g/mol. The van der Waals surface area contributed by atoms with E-state index < -0.39 is 0 Å². The maximum absolute atomic E-state index is 10.7. The van der Waals surface area contributed by atoms with Crippen LogP contribution in [0.3, 0.4) is 0 Å². The van der Waals surface area contributed by atoms with E-state index in [1.54, 1.807) is 0 Å².